The summed E-state index contributed by atoms with van der Waals surface area (Å²) in [5.74, 6) is 0.260. The standard InChI is InChI=1S/C23H25F3N6O/c24-23(25,26)10-17-9-19-21(28-15-29-32(19)12-17)31-8-6-22(14-31)5-7-30(13-22)11-16-1-3-18(4-2-16)20(27)33/h1-4,9,12,15H,5-8,10-11,13-14H2,(H2,27,33). The van der Waals surface area contributed by atoms with Gasteiger partial charge in [0.25, 0.3) is 0 Å². The van der Waals surface area contributed by atoms with Gasteiger partial charge in [0.1, 0.15) is 11.8 Å². The molecule has 0 radical (unpaired) electrons. The number of carbonyl (C=O) groups excluding carboxylic acids is 1. The first-order valence-electron chi connectivity index (χ1n) is 10.9. The lowest BCUT2D eigenvalue weighted by Gasteiger charge is -2.25. The van der Waals surface area contributed by atoms with E-state index in [1.165, 1.54) is 17.0 Å². The summed E-state index contributed by atoms with van der Waals surface area (Å²) in [6.45, 7) is 4.36. The molecule has 2 aliphatic heterocycles. The van der Waals surface area contributed by atoms with E-state index in [2.05, 4.69) is 19.9 Å². The van der Waals surface area contributed by atoms with E-state index >= 15 is 0 Å². The largest absolute Gasteiger partial charge is 0.393 e. The van der Waals surface area contributed by atoms with E-state index in [0.717, 1.165) is 51.1 Å². The number of rotatable bonds is 5. The van der Waals surface area contributed by atoms with Crippen molar-refractivity contribution in [3.63, 3.8) is 0 Å². The predicted octanol–water partition coefficient (Wildman–Crippen LogP) is 3.04. The number of benzene rings is 1. The normalized spacial score (nSPS) is 21.5. The zero-order valence-corrected chi connectivity index (χ0v) is 18.1. The van der Waals surface area contributed by atoms with Crippen molar-refractivity contribution in [1.29, 1.82) is 0 Å². The van der Waals surface area contributed by atoms with Gasteiger partial charge in [-0.15, -0.1) is 0 Å². The molecule has 1 unspecified atom stereocenters. The second kappa shape index (κ2) is 8.02. The molecule has 1 atom stereocenters. The minimum absolute atomic E-state index is 0.135. The number of amides is 1. The van der Waals surface area contributed by atoms with Crippen molar-refractivity contribution in [2.75, 3.05) is 31.1 Å². The lowest BCUT2D eigenvalue weighted by atomic mass is 9.86. The van der Waals surface area contributed by atoms with E-state index in [9.17, 15) is 18.0 Å². The summed E-state index contributed by atoms with van der Waals surface area (Å²) in [7, 11) is 0. The van der Waals surface area contributed by atoms with Crippen molar-refractivity contribution < 1.29 is 18.0 Å². The maximum Gasteiger partial charge on any atom is 0.393 e. The molecule has 2 N–H and O–H groups in total. The Morgan fingerprint density at radius 2 is 1.85 bits per heavy atom. The highest BCUT2D eigenvalue weighted by Gasteiger charge is 2.44. The monoisotopic (exact) mass is 458 g/mol. The van der Waals surface area contributed by atoms with Gasteiger partial charge < -0.3 is 10.6 Å². The number of hydrogen-bond acceptors (Lipinski definition) is 5. The van der Waals surface area contributed by atoms with Gasteiger partial charge in [0, 0.05) is 43.4 Å². The van der Waals surface area contributed by atoms with E-state index in [1.54, 1.807) is 18.2 Å². The second-order valence-corrected chi connectivity index (χ2v) is 9.25. The third-order valence-electron chi connectivity index (χ3n) is 6.75. The minimum Gasteiger partial charge on any atom is -0.366 e. The van der Waals surface area contributed by atoms with Crippen molar-refractivity contribution >= 4 is 17.2 Å². The van der Waals surface area contributed by atoms with E-state index < -0.39 is 18.5 Å². The third-order valence-corrected chi connectivity index (χ3v) is 6.75. The Bertz CT molecular complexity index is 1180. The molecule has 0 bridgehead atoms. The van der Waals surface area contributed by atoms with E-state index in [-0.39, 0.29) is 11.0 Å². The second-order valence-electron chi connectivity index (χ2n) is 9.25. The Hall–Kier alpha value is -3.14. The molecule has 2 aliphatic rings. The number of halogens is 3. The molecule has 5 rings (SSSR count). The number of aromatic nitrogens is 3. The molecule has 0 aliphatic carbocycles. The molecule has 4 heterocycles. The summed E-state index contributed by atoms with van der Waals surface area (Å²) in [4.78, 5) is 20.3. The minimum atomic E-state index is -4.26. The first-order valence-corrected chi connectivity index (χ1v) is 10.9. The van der Waals surface area contributed by atoms with Crippen molar-refractivity contribution in [3.05, 3.63) is 59.5 Å². The van der Waals surface area contributed by atoms with Crippen LogP contribution in [0.1, 0.15) is 34.3 Å². The number of nitrogens with zero attached hydrogens (tertiary/aromatic N) is 5. The van der Waals surface area contributed by atoms with Crippen LogP contribution in [0.4, 0.5) is 19.0 Å². The molecule has 2 aromatic heterocycles. The van der Waals surface area contributed by atoms with Gasteiger partial charge in [-0.2, -0.15) is 18.3 Å². The van der Waals surface area contributed by atoms with Crippen molar-refractivity contribution in [3.8, 4) is 0 Å². The van der Waals surface area contributed by atoms with Crippen molar-refractivity contribution in [1.82, 2.24) is 19.5 Å². The number of alkyl halides is 3. The molecule has 3 aromatic rings. The quantitative estimate of drug-likeness (QED) is 0.636. The number of likely N-dealkylation sites (tertiary alicyclic amines) is 1. The first kappa shape index (κ1) is 21.7. The van der Waals surface area contributed by atoms with Crippen LogP contribution in [-0.4, -0.2) is 57.8 Å². The summed E-state index contributed by atoms with van der Waals surface area (Å²) < 4.78 is 40.0. The molecule has 1 aromatic carbocycles. The third kappa shape index (κ3) is 4.52. The Balaban J connectivity index is 1.28. The number of hydrogen-bond donors (Lipinski definition) is 1. The van der Waals surface area contributed by atoms with Crippen LogP contribution in [0.15, 0.2) is 42.9 Å². The molecular formula is C23H25F3N6O. The smallest absolute Gasteiger partial charge is 0.366 e. The number of nitrogens with two attached hydrogens (primary N) is 1. The van der Waals surface area contributed by atoms with Crippen molar-refractivity contribution in [2.45, 2.75) is 32.0 Å². The fourth-order valence-corrected chi connectivity index (χ4v) is 5.19. The van der Waals surface area contributed by atoms with Gasteiger partial charge in [-0.25, -0.2) is 9.50 Å². The maximum absolute atomic E-state index is 12.8. The average Bonchev–Trinajstić information content (AvgIpc) is 3.45. The van der Waals surface area contributed by atoms with E-state index in [1.807, 2.05) is 12.1 Å². The molecule has 0 saturated carbocycles. The first-order chi connectivity index (χ1) is 15.7. The molecule has 1 spiro atoms. The molecule has 7 nitrogen and oxygen atoms in total. The van der Waals surface area contributed by atoms with Crippen LogP contribution < -0.4 is 10.6 Å². The molecule has 174 valence electrons. The topological polar surface area (TPSA) is 79.8 Å². The van der Waals surface area contributed by atoms with Gasteiger partial charge in [-0.1, -0.05) is 12.1 Å². The van der Waals surface area contributed by atoms with E-state index in [4.69, 9.17) is 5.73 Å². The lowest BCUT2D eigenvalue weighted by molar-refractivity contribution is -0.127. The Labute approximate surface area is 189 Å². The zero-order valence-electron chi connectivity index (χ0n) is 18.1. The highest BCUT2D eigenvalue weighted by Crippen LogP contribution is 2.42. The van der Waals surface area contributed by atoms with Crippen LogP contribution >= 0.6 is 0 Å². The highest BCUT2D eigenvalue weighted by molar-refractivity contribution is 5.92. The van der Waals surface area contributed by atoms with Gasteiger partial charge in [0.05, 0.1) is 6.42 Å². The van der Waals surface area contributed by atoms with Crippen LogP contribution in [0, 0.1) is 5.41 Å². The van der Waals surface area contributed by atoms with Gasteiger partial charge in [-0.05, 0) is 48.7 Å². The highest BCUT2D eigenvalue weighted by atomic mass is 19.4. The van der Waals surface area contributed by atoms with Crippen LogP contribution in [-0.2, 0) is 13.0 Å². The maximum atomic E-state index is 12.8. The Morgan fingerprint density at radius 3 is 2.58 bits per heavy atom. The Kier molecular flexibility index (Phi) is 5.27. The van der Waals surface area contributed by atoms with E-state index in [0.29, 0.717) is 16.9 Å². The van der Waals surface area contributed by atoms with Crippen LogP contribution in [0.5, 0.6) is 0 Å². The summed E-state index contributed by atoms with van der Waals surface area (Å²) in [5, 5.41) is 4.10. The van der Waals surface area contributed by atoms with Crippen LogP contribution in [0.2, 0.25) is 0 Å². The zero-order chi connectivity index (χ0) is 23.2. The summed E-state index contributed by atoms with van der Waals surface area (Å²) in [5.41, 5.74) is 7.88. The number of fused-ring (bicyclic) bond motifs is 1. The van der Waals surface area contributed by atoms with Gasteiger partial charge in [-0.3, -0.25) is 9.69 Å². The van der Waals surface area contributed by atoms with Gasteiger partial charge >= 0.3 is 6.18 Å². The summed E-state index contributed by atoms with van der Waals surface area (Å²) in [6.07, 6.45) is -0.332. The van der Waals surface area contributed by atoms with Gasteiger partial charge in [0.15, 0.2) is 5.82 Å². The number of primary amides is 1. The summed E-state index contributed by atoms with van der Waals surface area (Å²) >= 11 is 0. The molecule has 10 heteroatoms. The summed E-state index contributed by atoms with van der Waals surface area (Å²) in [6, 6.07) is 8.94. The van der Waals surface area contributed by atoms with Crippen LogP contribution in [0.25, 0.3) is 5.52 Å². The SMILES string of the molecule is NC(=O)c1ccc(CN2CCC3(CCN(c4ncnn5cc(CC(F)(F)F)cc45)C3)C2)cc1. The number of anilines is 1. The predicted molar refractivity (Wildman–Crippen MR) is 117 cm³/mol. The average molecular weight is 458 g/mol. The molecule has 1 amide bonds. The fourth-order valence-electron chi connectivity index (χ4n) is 5.19. The molecular weight excluding hydrogens is 433 g/mol. The molecule has 2 saturated heterocycles. The van der Waals surface area contributed by atoms with Crippen LogP contribution in [0.3, 0.4) is 0 Å². The lowest BCUT2D eigenvalue weighted by Crippen LogP contribution is -2.31. The Morgan fingerprint density at radius 1 is 1.09 bits per heavy atom. The van der Waals surface area contributed by atoms with Gasteiger partial charge in [0.2, 0.25) is 5.91 Å². The van der Waals surface area contributed by atoms with Crippen molar-refractivity contribution in [2.24, 2.45) is 11.1 Å². The number of carbonyl (C=O) groups is 1. The fraction of sp³-hybridized carbons (Fsp3) is 0.435. The molecule has 33 heavy (non-hydrogen) atoms. The molecule has 2 fully saturated rings.